The summed E-state index contributed by atoms with van der Waals surface area (Å²) in [6.07, 6.45) is 2.24. The number of amides is 2. The van der Waals surface area contributed by atoms with Crippen molar-refractivity contribution in [2.45, 2.75) is 25.3 Å². The molecule has 0 aliphatic carbocycles. The van der Waals surface area contributed by atoms with Gasteiger partial charge in [0.15, 0.2) is 0 Å². The molecule has 27 heavy (non-hydrogen) atoms. The highest BCUT2D eigenvalue weighted by molar-refractivity contribution is 5.99. The van der Waals surface area contributed by atoms with Crippen LogP contribution in [0.15, 0.2) is 18.2 Å². The summed E-state index contributed by atoms with van der Waals surface area (Å²) in [7, 11) is 0. The number of carbonyl (C=O) groups is 2. The number of halogens is 2. The quantitative estimate of drug-likeness (QED) is 0.841. The molecule has 3 fully saturated rings. The lowest BCUT2D eigenvalue weighted by Crippen LogP contribution is -2.49. The van der Waals surface area contributed by atoms with Crippen LogP contribution in [-0.4, -0.2) is 73.5 Å². The second-order valence-electron chi connectivity index (χ2n) is 7.29. The van der Waals surface area contributed by atoms with E-state index in [4.69, 9.17) is 0 Å². The van der Waals surface area contributed by atoms with Gasteiger partial charge in [-0.2, -0.15) is 0 Å². The molecule has 1 unspecified atom stereocenters. The third kappa shape index (κ3) is 4.10. The topological polar surface area (TPSA) is 55.9 Å². The maximum Gasteiger partial charge on any atom is 0.256 e. The molecule has 3 aliphatic heterocycles. The van der Waals surface area contributed by atoms with Gasteiger partial charge in [-0.15, -0.1) is 12.4 Å². The molecule has 2 amide bonds. The lowest BCUT2D eigenvalue weighted by molar-refractivity contribution is -0.117. The lowest BCUT2D eigenvalue weighted by Gasteiger charge is -2.32. The van der Waals surface area contributed by atoms with E-state index in [1.165, 1.54) is 6.07 Å². The molecule has 148 valence electrons. The van der Waals surface area contributed by atoms with E-state index in [9.17, 15) is 14.0 Å². The molecule has 1 atom stereocenters. The van der Waals surface area contributed by atoms with Crippen molar-refractivity contribution in [1.82, 2.24) is 15.1 Å². The Morgan fingerprint density at radius 2 is 1.93 bits per heavy atom. The smallest absolute Gasteiger partial charge is 0.256 e. The van der Waals surface area contributed by atoms with Crippen molar-refractivity contribution in [1.29, 1.82) is 0 Å². The van der Waals surface area contributed by atoms with Crippen LogP contribution in [0.1, 0.15) is 29.6 Å². The number of hydrogen-bond acceptors (Lipinski definition) is 4. The van der Waals surface area contributed by atoms with Crippen LogP contribution in [-0.2, 0) is 4.79 Å². The van der Waals surface area contributed by atoms with Crippen molar-refractivity contribution >= 4 is 29.9 Å². The Hall–Kier alpha value is -1.70. The second kappa shape index (κ2) is 8.54. The van der Waals surface area contributed by atoms with Gasteiger partial charge in [-0.05, 0) is 31.0 Å². The standard InChI is InChI=1S/C19H25FN4O2.ClH/c20-17-4-3-14(24-8-1-2-18(24)25)12-16(17)19(26)23-9-5-15(13-23)22-10-6-21-7-11-22;/h3-4,12,15,21H,1-2,5-11,13H2;1H. The van der Waals surface area contributed by atoms with Crippen LogP contribution in [0.25, 0.3) is 0 Å². The van der Waals surface area contributed by atoms with E-state index in [1.54, 1.807) is 21.9 Å². The summed E-state index contributed by atoms with van der Waals surface area (Å²) >= 11 is 0. The largest absolute Gasteiger partial charge is 0.337 e. The molecule has 1 aromatic carbocycles. The highest BCUT2D eigenvalue weighted by Crippen LogP contribution is 2.26. The third-order valence-electron chi connectivity index (χ3n) is 5.68. The van der Waals surface area contributed by atoms with Gasteiger partial charge in [0, 0.05) is 64.0 Å². The van der Waals surface area contributed by atoms with Crippen LogP contribution in [0.4, 0.5) is 10.1 Å². The van der Waals surface area contributed by atoms with Crippen molar-refractivity contribution in [2.24, 2.45) is 0 Å². The molecule has 0 saturated carbocycles. The normalized spacial score (nSPS) is 23.6. The van der Waals surface area contributed by atoms with Crippen LogP contribution >= 0.6 is 12.4 Å². The first-order valence-corrected chi connectivity index (χ1v) is 9.47. The van der Waals surface area contributed by atoms with E-state index in [0.29, 0.717) is 37.8 Å². The number of rotatable bonds is 3. The molecule has 6 nitrogen and oxygen atoms in total. The van der Waals surface area contributed by atoms with Crippen LogP contribution in [0.5, 0.6) is 0 Å². The van der Waals surface area contributed by atoms with Crippen LogP contribution in [0, 0.1) is 5.82 Å². The maximum absolute atomic E-state index is 14.3. The summed E-state index contributed by atoms with van der Waals surface area (Å²) in [6.45, 7) is 5.87. The van der Waals surface area contributed by atoms with E-state index in [2.05, 4.69) is 10.2 Å². The van der Waals surface area contributed by atoms with Crippen LogP contribution < -0.4 is 10.2 Å². The number of benzene rings is 1. The van der Waals surface area contributed by atoms with E-state index in [1.807, 2.05) is 0 Å². The Balaban J connectivity index is 0.00000210. The Morgan fingerprint density at radius 3 is 2.63 bits per heavy atom. The van der Waals surface area contributed by atoms with Gasteiger partial charge in [0.1, 0.15) is 5.82 Å². The van der Waals surface area contributed by atoms with Crippen molar-refractivity contribution < 1.29 is 14.0 Å². The molecule has 1 N–H and O–H groups in total. The Labute approximate surface area is 165 Å². The highest BCUT2D eigenvalue weighted by Gasteiger charge is 2.32. The fourth-order valence-corrected chi connectivity index (χ4v) is 4.21. The highest BCUT2D eigenvalue weighted by atomic mass is 35.5. The van der Waals surface area contributed by atoms with Gasteiger partial charge in [0.2, 0.25) is 5.91 Å². The van der Waals surface area contributed by atoms with Crippen molar-refractivity contribution in [3.63, 3.8) is 0 Å². The van der Waals surface area contributed by atoms with E-state index >= 15 is 0 Å². The van der Waals surface area contributed by atoms with Gasteiger partial charge in [-0.3, -0.25) is 14.5 Å². The van der Waals surface area contributed by atoms with Gasteiger partial charge >= 0.3 is 0 Å². The monoisotopic (exact) mass is 396 g/mol. The summed E-state index contributed by atoms with van der Waals surface area (Å²) in [6, 6.07) is 4.78. The fourth-order valence-electron chi connectivity index (χ4n) is 4.21. The minimum absolute atomic E-state index is 0. The molecule has 0 radical (unpaired) electrons. The van der Waals surface area contributed by atoms with Gasteiger partial charge in [-0.1, -0.05) is 0 Å². The SMILES string of the molecule is Cl.O=C(c1cc(N2CCCC2=O)ccc1F)N1CCC(N2CCNCC2)C1. The molecule has 4 rings (SSSR count). The van der Waals surface area contributed by atoms with Crippen molar-refractivity contribution in [3.05, 3.63) is 29.6 Å². The molecule has 0 aromatic heterocycles. The average molecular weight is 397 g/mol. The number of nitrogens with one attached hydrogen (secondary N) is 1. The molecule has 3 aliphatic rings. The molecule has 3 saturated heterocycles. The predicted octanol–water partition coefficient (Wildman–Crippen LogP) is 1.49. The van der Waals surface area contributed by atoms with Crippen molar-refractivity contribution in [3.8, 4) is 0 Å². The van der Waals surface area contributed by atoms with E-state index in [-0.39, 0.29) is 29.8 Å². The minimum Gasteiger partial charge on any atom is -0.337 e. The number of piperazine rings is 1. The zero-order valence-electron chi connectivity index (χ0n) is 15.3. The number of hydrogen-bond donors (Lipinski definition) is 1. The van der Waals surface area contributed by atoms with Gasteiger partial charge in [0.25, 0.3) is 5.91 Å². The van der Waals surface area contributed by atoms with Crippen LogP contribution in [0.2, 0.25) is 0 Å². The molecule has 0 spiro atoms. The minimum atomic E-state index is -0.518. The summed E-state index contributed by atoms with van der Waals surface area (Å²) in [5.41, 5.74) is 0.693. The summed E-state index contributed by atoms with van der Waals surface area (Å²) in [5, 5.41) is 3.34. The van der Waals surface area contributed by atoms with Crippen LogP contribution in [0.3, 0.4) is 0 Å². The number of nitrogens with zero attached hydrogens (tertiary/aromatic N) is 3. The average Bonchev–Trinajstić information content (AvgIpc) is 3.32. The number of anilines is 1. The summed E-state index contributed by atoms with van der Waals surface area (Å²) in [4.78, 5) is 30.6. The Bertz CT molecular complexity index is 711. The summed E-state index contributed by atoms with van der Waals surface area (Å²) < 4.78 is 14.3. The maximum atomic E-state index is 14.3. The Morgan fingerprint density at radius 1 is 1.15 bits per heavy atom. The van der Waals surface area contributed by atoms with E-state index < -0.39 is 5.82 Å². The van der Waals surface area contributed by atoms with Gasteiger partial charge in [0.05, 0.1) is 5.56 Å². The molecule has 0 bridgehead atoms. The zero-order valence-corrected chi connectivity index (χ0v) is 16.1. The molecule has 3 heterocycles. The number of likely N-dealkylation sites (tertiary alicyclic amines) is 1. The third-order valence-corrected chi connectivity index (χ3v) is 5.68. The summed E-state index contributed by atoms with van der Waals surface area (Å²) in [5.74, 6) is -0.750. The van der Waals surface area contributed by atoms with Gasteiger partial charge < -0.3 is 15.1 Å². The lowest BCUT2D eigenvalue weighted by atomic mass is 10.1. The first-order chi connectivity index (χ1) is 12.6. The molecule has 8 heteroatoms. The van der Waals surface area contributed by atoms with E-state index in [0.717, 1.165) is 39.0 Å². The first kappa shape index (κ1) is 20.0. The zero-order chi connectivity index (χ0) is 18.1. The molecular weight excluding hydrogens is 371 g/mol. The Kier molecular flexibility index (Phi) is 6.34. The predicted molar refractivity (Wildman–Crippen MR) is 104 cm³/mol. The fraction of sp³-hybridized carbons (Fsp3) is 0.579. The number of carbonyl (C=O) groups excluding carboxylic acids is 2. The van der Waals surface area contributed by atoms with Crippen molar-refractivity contribution in [2.75, 3.05) is 50.7 Å². The molecule has 1 aromatic rings. The van der Waals surface area contributed by atoms with Gasteiger partial charge in [-0.25, -0.2) is 4.39 Å². The second-order valence-corrected chi connectivity index (χ2v) is 7.29. The molecular formula is C19H26ClFN4O2. The first-order valence-electron chi connectivity index (χ1n) is 9.47.